The third kappa shape index (κ3) is 4.88. The molecule has 3 rings (SSSR count). The maximum absolute atomic E-state index is 13.1. The van der Waals surface area contributed by atoms with E-state index in [2.05, 4.69) is 10.1 Å². The van der Waals surface area contributed by atoms with Gasteiger partial charge < -0.3 is 10.1 Å². The number of nitrogens with one attached hydrogen (secondary N) is 1. The summed E-state index contributed by atoms with van der Waals surface area (Å²) < 4.78 is 44.9. The standard InChI is InChI=1S/C23H19F3N2O4/c1-14-6-11-19(20(29)27-13-15-7-9-16(10-8-15)22(31)32-2)21(30)28(14)18-5-3-4-17(12-18)23(24,25)26/h3-12H,13H2,1-2H3,(H,27,29). The molecule has 0 radical (unpaired) electrons. The number of pyridine rings is 1. The molecule has 0 aliphatic heterocycles. The number of alkyl halides is 3. The number of amides is 1. The molecule has 0 saturated heterocycles. The number of aromatic nitrogens is 1. The molecule has 1 aromatic heterocycles. The third-order valence-corrected chi connectivity index (χ3v) is 4.78. The van der Waals surface area contributed by atoms with Crippen LogP contribution in [0.1, 0.15) is 37.5 Å². The van der Waals surface area contributed by atoms with Gasteiger partial charge in [0.15, 0.2) is 0 Å². The third-order valence-electron chi connectivity index (χ3n) is 4.78. The van der Waals surface area contributed by atoms with Gasteiger partial charge in [0.25, 0.3) is 11.5 Å². The Kier molecular flexibility index (Phi) is 6.47. The first-order valence-electron chi connectivity index (χ1n) is 9.47. The molecule has 1 heterocycles. The fraction of sp³-hybridized carbons (Fsp3) is 0.174. The average molecular weight is 444 g/mol. The number of ether oxygens (including phenoxy) is 1. The van der Waals surface area contributed by atoms with Crippen LogP contribution in [0.2, 0.25) is 0 Å². The second-order valence-corrected chi connectivity index (χ2v) is 6.95. The van der Waals surface area contributed by atoms with Crippen LogP contribution in [0.5, 0.6) is 0 Å². The maximum atomic E-state index is 13.1. The highest BCUT2D eigenvalue weighted by Gasteiger charge is 2.30. The molecule has 0 atom stereocenters. The van der Waals surface area contributed by atoms with E-state index in [0.29, 0.717) is 16.8 Å². The van der Waals surface area contributed by atoms with Crippen molar-refractivity contribution in [1.82, 2.24) is 9.88 Å². The Hall–Kier alpha value is -3.88. The Morgan fingerprint density at radius 2 is 1.72 bits per heavy atom. The molecule has 1 N–H and O–H groups in total. The van der Waals surface area contributed by atoms with Gasteiger partial charge in [0, 0.05) is 17.9 Å². The van der Waals surface area contributed by atoms with E-state index in [-0.39, 0.29) is 17.8 Å². The molecule has 6 nitrogen and oxygen atoms in total. The minimum atomic E-state index is -4.56. The first-order valence-corrected chi connectivity index (χ1v) is 9.47. The lowest BCUT2D eigenvalue weighted by molar-refractivity contribution is -0.137. The molecule has 0 aliphatic carbocycles. The number of nitrogens with zero attached hydrogens (tertiary/aromatic N) is 1. The predicted molar refractivity (Wildman–Crippen MR) is 111 cm³/mol. The number of rotatable bonds is 5. The van der Waals surface area contributed by atoms with Gasteiger partial charge in [-0.05, 0) is 55.0 Å². The fourth-order valence-corrected chi connectivity index (χ4v) is 3.10. The number of carbonyl (C=O) groups is 2. The smallest absolute Gasteiger partial charge is 0.416 e. The van der Waals surface area contributed by atoms with Gasteiger partial charge in [-0.2, -0.15) is 13.2 Å². The summed E-state index contributed by atoms with van der Waals surface area (Å²) in [7, 11) is 1.27. The van der Waals surface area contributed by atoms with Crippen LogP contribution in [-0.2, 0) is 17.5 Å². The summed E-state index contributed by atoms with van der Waals surface area (Å²) in [5.74, 6) is -1.16. The van der Waals surface area contributed by atoms with Gasteiger partial charge in [-0.25, -0.2) is 4.79 Å². The van der Waals surface area contributed by atoms with Crippen LogP contribution in [-0.4, -0.2) is 23.6 Å². The van der Waals surface area contributed by atoms with Crippen molar-refractivity contribution in [3.8, 4) is 5.69 Å². The van der Waals surface area contributed by atoms with Gasteiger partial charge in [-0.3, -0.25) is 14.2 Å². The highest BCUT2D eigenvalue weighted by molar-refractivity contribution is 5.94. The van der Waals surface area contributed by atoms with E-state index in [1.807, 2.05) is 0 Å². The molecule has 0 unspecified atom stereocenters. The van der Waals surface area contributed by atoms with Crippen molar-refractivity contribution in [2.45, 2.75) is 19.6 Å². The topological polar surface area (TPSA) is 77.4 Å². The summed E-state index contributed by atoms with van der Waals surface area (Å²) in [6.07, 6.45) is -4.56. The van der Waals surface area contributed by atoms with Crippen molar-refractivity contribution in [1.29, 1.82) is 0 Å². The van der Waals surface area contributed by atoms with Gasteiger partial charge in [-0.1, -0.05) is 18.2 Å². The first kappa shape index (κ1) is 22.8. The molecule has 9 heteroatoms. The number of hydrogen-bond acceptors (Lipinski definition) is 4. The zero-order valence-electron chi connectivity index (χ0n) is 17.2. The normalized spacial score (nSPS) is 11.2. The Morgan fingerprint density at radius 3 is 2.34 bits per heavy atom. The highest BCUT2D eigenvalue weighted by Crippen LogP contribution is 2.30. The molecule has 2 aromatic carbocycles. The molecule has 0 fully saturated rings. The number of carbonyl (C=O) groups excluding carboxylic acids is 2. The summed E-state index contributed by atoms with van der Waals surface area (Å²) in [4.78, 5) is 37.0. The van der Waals surface area contributed by atoms with E-state index in [0.717, 1.165) is 16.7 Å². The zero-order valence-corrected chi connectivity index (χ0v) is 17.2. The number of halogens is 3. The fourth-order valence-electron chi connectivity index (χ4n) is 3.10. The van der Waals surface area contributed by atoms with E-state index < -0.39 is 29.2 Å². The van der Waals surface area contributed by atoms with Crippen molar-refractivity contribution < 1.29 is 27.5 Å². The van der Waals surface area contributed by atoms with Gasteiger partial charge >= 0.3 is 12.1 Å². The second kappa shape index (κ2) is 9.09. The minimum Gasteiger partial charge on any atom is -0.465 e. The number of methoxy groups -OCH3 is 1. The molecule has 32 heavy (non-hydrogen) atoms. The van der Waals surface area contributed by atoms with E-state index in [1.165, 1.54) is 31.4 Å². The highest BCUT2D eigenvalue weighted by atomic mass is 19.4. The molecule has 0 bridgehead atoms. The van der Waals surface area contributed by atoms with Gasteiger partial charge in [-0.15, -0.1) is 0 Å². The van der Waals surface area contributed by atoms with Crippen LogP contribution in [0, 0.1) is 6.92 Å². The van der Waals surface area contributed by atoms with Crippen molar-refractivity contribution in [2.75, 3.05) is 7.11 Å². The Labute approximate surface area is 181 Å². The SMILES string of the molecule is COC(=O)c1ccc(CNC(=O)c2ccc(C)n(-c3cccc(C(F)(F)F)c3)c2=O)cc1. The van der Waals surface area contributed by atoms with Gasteiger partial charge in [0.1, 0.15) is 5.56 Å². The van der Waals surface area contributed by atoms with E-state index in [4.69, 9.17) is 0 Å². The average Bonchev–Trinajstić information content (AvgIpc) is 2.77. The Balaban J connectivity index is 1.84. The minimum absolute atomic E-state index is 0.00961. The van der Waals surface area contributed by atoms with Crippen molar-refractivity contribution >= 4 is 11.9 Å². The summed E-state index contributed by atoms with van der Waals surface area (Å²) in [6.45, 7) is 1.64. The lowest BCUT2D eigenvalue weighted by Gasteiger charge is -2.14. The van der Waals surface area contributed by atoms with Crippen LogP contribution in [0.25, 0.3) is 5.69 Å². The number of benzene rings is 2. The molecule has 0 aliphatic rings. The molecule has 166 valence electrons. The lowest BCUT2D eigenvalue weighted by atomic mass is 10.1. The Bertz CT molecular complexity index is 1220. The molecular formula is C23H19F3N2O4. The number of esters is 1. The van der Waals surface area contributed by atoms with Crippen LogP contribution < -0.4 is 10.9 Å². The van der Waals surface area contributed by atoms with E-state index in [9.17, 15) is 27.6 Å². The van der Waals surface area contributed by atoms with Crippen molar-refractivity contribution in [3.05, 3.63) is 99.0 Å². The van der Waals surface area contributed by atoms with E-state index >= 15 is 0 Å². The summed E-state index contributed by atoms with van der Waals surface area (Å²) in [5.41, 5.74) is -0.422. The van der Waals surface area contributed by atoms with Crippen molar-refractivity contribution in [2.24, 2.45) is 0 Å². The second-order valence-electron chi connectivity index (χ2n) is 6.95. The van der Waals surface area contributed by atoms with Crippen LogP contribution in [0.4, 0.5) is 13.2 Å². The number of aryl methyl sites for hydroxylation is 1. The number of hydrogen-bond donors (Lipinski definition) is 1. The van der Waals surface area contributed by atoms with E-state index in [1.54, 1.807) is 31.2 Å². The van der Waals surface area contributed by atoms with Crippen LogP contribution in [0.15, 0.2) is 65.5 Å². The van der Waals surface area contributed by atoms with Crippen LogP contribution >= 0.6 is 0 Å². The monoisotopic (exact) mass is 444 g/mol. The Morgan fingerprint density at radius 1 is 1.03 bits per heavy atom. The molecule has 0 saturated carbocycles. The maximum Gasteiger partial charge on any atom is 0.416 e. The summed E-state index contributed by atoms with van der Waals surface area (Å²) in [6, 6.07) is 13.5. The quantitative estimate of drug-likeness (QED) is 0.606. The van der Waals surface area contributed by atoms with Crippen LogP contribution in [0.3, 0.4) is 0 Å². The summed E-state index contributed by atoms with van der Waals surface area (Å²) in [5, 5.41) is 2.60. The zero-order chi connectivity index (χ0) is 23.5. The summed E-state index contributed by atoms with van der Waals surface area (Å²) >= 11 is 0. The predicted octanol–water partition coefficient (Wildman–Crippen LogP) is 3.88. The van der Waals surface area contributed by atoms with Crippen molar-refractivity contribution in [3.63, 3.8) is 0 Å². The first-order chi connectivity index (χ1) is 15.1. The largest absolute Gasteiger partial charge is 0.465 e. The van der Waals surface area contributed by atoms with Gasteiger partial charge in [0.2, 0.25) is 0 Å². The lowest BCUT2D eigenvalue weighted by Crippen LogP contribution is -2.33. The van der Waals surface area contributed by atoms with Gasteiger partial charge in [0.05, 0.1) is 18.2 Å². The molecule has 1 amide bonds. The molecule has 3 aromatic rings. The molecular weight excluding hydrogens is 425 g/mol. The molecule has 0 spiro atoms.